The summed E-state index contributed by atoms with van der Waals surface area (Å²) in [6, 6.07) is -1.18. The molecule has 9 atom stereocenters. The Bertz CT molecular complexity index is 1550. The molecule has 1 fully saturated rings. The van der Waals surface area contributed by atoms with Crippen LogP contribution in [0.4, 0.5) is 0 Å². The number of carbonyl (C=O) groups is 1. The predicted octanol–water partition coefficient (Wildman–Crippen LogP) is 22.5. The van der Waals surface area contributed by atoms with Gasteiger partial charge in [-0.3, -0.25) is 4.79 Å². The van der Waals surface area contributed by atoms with Gasteiger partial charge < -0.3 is 50.5 Å². The van der Waals surface area contributed by atoms with Crippen molar-refractivity contribution >= 4 is 5.91 Å². The number of carbonyl (C=O) groups excluding carboxylic acids is 1. The van der Waals surface area contributed by atoms with Crippen LogP contribution in [0.2, 0.25) is 0 Å². The number of hydrogen-bond donors (Lipinski definition) is 8. The van der Waals surface area contributed by atoms with Gasteiger partial charge in [-0.25, -0.2) is 0 Å². The lowest BCUT2D eigenvalue weighted by atomic mass is 9.98. The molecule has 95 heavy (non-hydrogen) atoms. The molecular weight excluding hydrogens is 1180 g/mol. The third-order valence-corrected chi connectivity index (χ3v) is 21.1. The minimum absolute atomic E-state index is 0.260. The number of nitrogens with one attached hydrogen (secondary N) is 1. The second kappa shape index (κ2) is 72.6. The average Bonchev–Trinajstić information content (AvgIpc) is 0.832. The summed E-state index contributed by atoms with van der Waals surface area (Å²) >= 11 is 0. The molecule has 0 aliphatic carbocycles. The Morgan fingerprint density at radius 1 is 0.358 bits per heavy atom. The maximum absolute atomic E-state index is 13.3. The molecule has 0 aromatic carbocycles. The highest BCUT2D eigenvalue weighted by Crippen LogP contribution is 2.25. The van der Waals surface area contributed by atoms with E-state index in [1.54, 1.807) is 0 Å². The van der Waals surface area contributed by atoms with Crippen molar-refractivity contribution in [2.75, 3.05) is 13.2 Å². The van der Waals surface area contributed by atoms with Gasteiger partial charge in [0.2, 0.25) is 5.91 Å². The third-order valence-electron chi connectivity index (χ3n) is 21.1. The molecule has 11 heteroatoms. The monoisotopic (exact) mass is 1350 g/mol. The lowest BCUT2D eigenvalue weighted by Crippen LogP contribution is -2.60. The normalized spacial score (nSPS) is 18.1. The molecule has 0 radical (unpaired) electrons. The average molecular weight is 1350 g/mol. The van der Waals surface area contributed by atoms with Crippen LogP contribution >= 0.6 is 0 Å². The van der Waals surface area contributed by atoms with E-state index < -0.39 is 74.2 Å². The van der Waals surface area contributed by atoms with Crippen LogP contribution in [0.5, 0.6) is 0 Å². The third kappa shape index (κ3) is 59.1. The highest BCUT2D eigenvalue weighted by Gasteiger charge is 2.44. The number of rotatable bonds is 77. The quantitative estimate of drug-likeness (QED) is 0.0215. The molecule has 11 nitrogen and oxygen atoms in total. The summed E-state index contributed by atoms with van der Waals surface area (Å²) < 4.78 is 11.2. The molecule has 0 aromatic heterocycles. The summed E-state index contributed by atoms with van der Waals surface area (Å²) in [7, 11) is 0. The van der Waals surface area contributed by atoms with E-state index in [0.29, 0.717) is 12.8 Å². The molecule has 0 saturated carbocycles. The maximum Gasteiger partial charge on any atom is 0.249 e. The van der Waals surface area contributed by atoms with E-state index in [-0.39, 0.29) is 12.8 Å². The van der Waals surface area contributed by atoms with Crippen LogP contribution in [-0.2, 0) is 14.3 Å². The van der Waals surface area contributed by atoms with E-state index in [0.717, 1.165) is 32.1 Å². The molecule has 1 rings (SSSR count). The van der Waals surface area contributed by atoms with Crippen molar-refractivity contribution in [3.8, 4) is 0 Å². The lowest BCUT2D eigenvalue weighted by molar-refractivity contribution is -0.303. The highest BCUT2D eigenvalue weighted by molar-refractivity contribution is 5.80. The SMILES string of the molecule is CCCCCCCCCCCCCCCCCCCCCCCCCCC/C=C/CCCC(O)C(O)C(COC1OC(CO)C(O)C(O)C1O)NC(=O)C(O)CCCCCCCCCCCCCCCCCCCCCCCCCCCCCCCCCCCCCCCC. The van der Waals surface area contributed by atoms with Gasteiger partial charge in [-0.05, 0) is 38.5 Å². The van der Waals surface area contributed by atoms with Crippen molar-refractivity contribution in [3.05, 3.63) is 12.2 Å². The summed E-state index contributed by atoms with van der Waals surface area (Å²) in [6.45, 7) is 3.53. The molecule has 1 amide bonds. The Balaban J connectivity index is 2.09. The van der Waals surface area contributed by atoms with Gasteiger partial charge in [0, 0.05) is 0 Å². The number of hydrogen-bond acceptors (Lipinski definition) is 10. The summed E-state index contributed by atoms with van der Waals surface area (Å²) in [5.74, 6) is -0.695. The first kappa shape index (κ1) is 91.9. The summed E-state index contributed by atoms with van der Waals surface area (Å²) in [5, 5.41) is 76.8. The molecule has 9 unspecified atom stereocenters. The van der Waals surface area contributed by atoms with E-state index in [2.05, 4.69) is 31.3 Å². The Labute approximate surface area is 589 Å². The minimum atomic E-state index is -1.67. The predicted molar refractivity (Wildman–Crippen MR) is 404 cm³/mol. The smallest absolute Gasteiger partial charge is 0.249 e. The number of aliphatic hydroxyl groups excluding tert-OH is 7. The zero-order chi connectivity index (χ0) is 68.8. The second-order valence-electron chi connectivity index (χ2n) is 30.3. The summed E-state index contributed by atoms with van der Waals surface area (Å²) in [4.78, 5) is 13.3. The first-order valence-corrected chi connectivity index (χ1v) is 42.6. The standard InChI is InChI=1S/C84H165NO10/c1-3-5-7-9-11-13-15-17-19-21-23-25-27-29-31-33-35-36-37-38-39-40-41-42-44-46-48-50-52-54-56-58-60-62-64-66-68-70-72-77(88)83(93)85-75(74-94-84-82(92)81(91)80(90)78(73-86)95-84)79(89)76(87)71-69-67-65-63-61-59-57-55-53-51-49-47-45-43-34-32-30-28-26-24-22-20-18-16-14-12-10-8-6-4-2/h63,65,75-82,84,86-92H,3-62,64,66-74H2,1-2H3,(H,85,93)/b65-63+. The zero-order valence-corrected chi connectivity index (χ0v) is 63.2. The Kier molecular flexibility index (Phi) is 70.2. The van der Waals surface area contributed by atoms with E-state index in [9.17, 15) is 40.5 Å². The Hall–Kier alpha value is -1.15. The van der Waals surface area contributed by atoms with Crippen molar-refractivity contribution < 1.29 is 50.0 Å². The van der Waals surface area contributed by atoms with Crippen LogP contribution in [0.25, 0.3) is 0 Å². The van der Waals surface area contributed by atoms with Crippen molar-refractivity contribution in [1.29, 1.82) is 0 Å². The number of aliphatic hydroxyl groups is 7. The van der Waals surface area contributed by atoms with Crippen LogP contribution in [0.1, 0.15) is 450 Å². The molecule has 566 valence electrons. The fraction of sp³-hybridized carbons (Fsp3) is 0.964. The minimum Gasteiger partial charge on any atom is -0.394 e. The van der Waals surface area contributed by atoms with Crippen molar-refractivity contribution in [3.63, 3.8) is 0 Å². The fourth-order valence-electron chi connectivity index (χ4n) is 14.3. The first-order valence-electron chi connectivity index (χ1n) is 42.6. The lowest BCUT2D eigenvalue weighted by Gasteiger charge is -2.40. The van der Waals surface area contributed by atoms with Gasteiger partial charge in [-0.15, -0.1) is 0 Å². The van der Waals surface area contributed by atoms with Gasteiger partial charge in [-0.2, -0.15) is 0 Å². The number of ether oxygens (including phenoxy) is 2. The zero-order valence-electron chi connectivity index (χ0n) is 63.2. The van der Waals surface area contributed by atoms with Gasteiger partial charge in [0.05, 0.1) is 25.4 Å². The van der Waals surface area contributed by atoms with Crippen LogP contribution in [0, 0.1) is 0 Å². The van der Waals surface area contributed by atoms with Gasteiger partial charge in [0.1, 0.15) is 36.6 Å². The second-order valence-corrected chi connectivity index (χ2v) is 30.3. The molecule has 1 aliphatic heterocycles. The van der Waals surface area contributed by atoms with Crippen LogP contribution in [-0.4, -0.2) is 110 Å². The van der Waals surface area contributed by atoms with Crippen LogP contribution < -0.4 is 5.32 Å². The molecule has 0 bridgehead atoms. The van der Waals surface area contributed by atoms with Crippen LogP contribution in [0.3, 0.4) is 0 Å². The first-order chi connectivity index (χ1) is 46.7. The van der Waals surface area contributed by atoms with E-state index in [1.807, 2.05) is 0 Å². The molecular formula is C84H165NO10. The highest BCUT2D eigenvalue weighted by atomic mass is 16.7. The van der Waals surface area contributed by atoms with Crippen molar-refractivity contribution in [1.82, 2.24) is 5.32 Å². The number of allylic oxidation sites excluding steroid dienone is 2. The molecule has 0 spiro atoms. The van der Waals surface area contributed by atoms with E-state index >= 15 is 0 Å². The molecule has 8 N–H and O–H groups in total. The Morgan fingerprint density at radius 2 is 0.621 bits per heavy atom. The maximum atomic E-state index is 13.3. The van der Waals surface area contributed by atoms with Gasteiger partial charge in [-0.1, -0.05) is 424 Å². The topological polar surface area (TPSA) is 189 Å². The van der Waals surface area contributed by atoms with E-state index in [4.69, 9.17) is 9.47 Å². The summed E-state index contributed by atoms with van der Waals surface area (Å²) in [6.07, 6.45) is 82.2. The number of amides is 1. The van der Waals surface area contributed by atoms with Gasteiger partial charge in [0.15, 0.2) is 6.29 Å². The Morgan fingerprint density at radius 3 is 0.905 bits per heavy atom. The van der Waals surface area contributed by atoms with Crippen molar-refractivity contribution in [2.24, 2.45) is 0 Å². The van der Waals surface area contributed by atoms with Gasteiger partial charge in [0.25, 0.3) is 0 Å². The summed E-state index contributed by atoms with van der Waals surface area (Å²) in [5.41, 5.74) is 0. The van der Waals surface area contributed by atoms with Crippen LogP contribution in [0.15, 0.2) is 12.2 Å². The van der Waals surface area contributed by atoms with Gasteiger partial charge >= 0.3 is 0 Å². The molecule has 1 saturated heterocycles. The molecule has 0 aromatic rings. The van der Waals surface area contributed by atoms with Crippen molar-refractivity contribution in [2.45, 2.75) is 506 Å². The fourth-order valence-corrected chi connectivity index (χ4v) is 14.3. The number of unbranched alkanes of at least 4 members (excludes halogenated alkanes) is 63. The molecule has 1 aliphatic rings. The largest absolute Gasteiger partial charge is 0.394 e. The molecule has 1 heterocycles. The van der Waals surface area contributed by atoms with E-state index in [1.165, 1.54) is 379 Å².